The van der Waals surface area contributed by atoms with Crippen LogP contribution < -0.4 is 0 Å². The number of ether oxygens (including phenoxy) is 2. The van der Waals surface area contributed by atoms with Gasteiger partial charge in [0.15, 0.2) is 6.29 Å². The molecule has 1 fully saturated rings. The molecule has 2 rings (SSSR count). The minimum Gasteiger partial charge on any atom is -0.346 e. The van der Waals surface area contributed by atoms with E-state index in [2.05, 4.69) is 22.6 Å². The highest BCUT2D eigenvalue weighted by atomic mass is 127. The highest BCUT2D eigenvalue weighted by Crippen LogP contribution is 2.37. The molecular weight excluding hydrogens is 338 g/mol. The van der Waals surface area contributed by atoms with Crippen molar-refractivity contribution in [3.05, 3.63) is 31.3 Å². The molecular formula is C9H7Cl2IO2. The van der Waals surface area contributed by atoms with Gasteiger partial charge < -0.3 is 9.47 Å². The third-order valence-corrected chi connectivity index (χ3v) is 3.70. The monoisotopic (exact) mass is 344 g/mol. The minimum atomic E-state index is -0.368. The van der Waals surface area contributed by atoms with Gasteiger partial charge in [-0.3, -0.25) is 0 Å². The maximum atomic E-state index is 6.08. The Morgan fingerprint density at radius 1 is 1.21 bits per heavy atom. The molecule has 1 aromatic carbocycles. The molecule has 1 aliphatic rings. The molecule has 0 aliphatic carbocycles. The van der Waals surface area contributed by atoms with Gasteiger partial charge in [0.1, 0.15) is 0 Å². The summed E-state index contributed by atoms with van der Waals surface area (Å²) in [7, 11) is 0. The number of hydrogen-bond donors (Lipinski definition) is 0. The van der Waals surface area contributed by atoms with Crippen molar-refractivity contribution in [2.45, 2.75) is 6.29 Å². The second kappa shape index (κ2) is 4.53. The van der Waals surface area contributed by atoms with Gasteiger partial charge in [0.2, 0.25) is 0 Å². The SMILES string of the molecule is Clc1ccc(I)c(C2OCCO2)c1Cl. The molecule has 0 amide bonds. The Hall–Kier alpha value is 0.450. The normalized spacial score (nSPS) is 17.6. The van der Waals surface area contributed by atoms with E-state index in [0.29, 0.717) is 23.3 Å². The van der Waals surface area contributed by atoms with Crippen LogP contribution in [0, 0.1) is 3.57 Å². The highest BCUT2D eigenvalue weighted by Gasteiger charge is 2.24. The van der Waals surface area contributed by atoms with Crippen LogP contribution >= 0.6 is 45.8 Å². The van der Waals surface area contributed by atoms with Crippen LogP contribution in [0.15, 0.2) is 12.1 Å². The zero-order chi connectivity index (χ0) is 10.1. The van der Waals surface area contributed by atoms with Crippen molar-refractivity contribution in [2.24, 2.45) is 0 Å². The fraction of sp³-hybridized carbons (Fsp3) is 0.333. The van der Waals surface area contributed by atoms with Crippen LogP contribution in [0.4, 0.5) is 0 Å². The topological polar surface area (TPSA) is 18.5 Å². The molecule has 0 atom stereocenters. The van der Waals surface area contributed by atoms with E-state index in [9.17, 15) is 0 Å². The van der Waals surface area contributed by atoms with Gasteiger partial charge >= 0.3 is 0 Å². The first-order chi connectivity index (χ1) is 6.70. The predicted octanol–water partition coefficient (Wildman–Crippen LogP) is 3.64. The average Bonchev–Trinajstić information content (AvgIpc) is 2.65. The Kier molecular flexibility index (Phi) is 3.54. The Labute approximate surface area is 106 Å². The largest absolute Gasteiger partial charge is 0.346 e. The zero-order valence-electron chi connectivity index (χ0n) is 7.10. The van der Waals surface area contributed by atoms with Crippen LogP contribution in [-0.4, -0.2) is 13.2 Å². The van der Waals surface area contributed by atoms with Crippen molar-refractivity contribution < 1.29 is 9.47 Å². The Bertz CT molecular complexity index is 351. The van der Waals surface area contributed by atoms with Crippen molar-refractivity contribution in [1.29, 1.82) is 0 Å². The molecule has 0 spiro atoms. The van der Waals surface area contributed by atoms with Gasteiger partial charge in [-0.2, -0.15) is 0 Å². The first kappa shape index (κ1) is 11.0. The molecule has 0 saturated carbocycles. The van der Waals surface area contributed by atoms with Gasteiger partial charge in [-0.05, 0) is 34.7 Å². The Balaban J connectivity index is 2.44. The molecule has 76 valence electrons. The van der Waals surface area contributed by atoms with Crippen LogP contribution in [0.3, 0.4) is 0 Å². The standard InChI is InChI=1S/C9H7Cl2IO2/c10-5-1-2-6(12)7(8(5)11)9-13-3-4-14-9/h1-2,9H,3-4H2. The Morgan fingerprint density at radius 2 is 1.86 bits per heavy atom. The van der Waals surface area contributed by atoms with Crippen molar-refractivity contribution in [2.75, 3.05) is 13.2 Å². The molecule has 0 unspecified atom stereocenters. The molecule has 0 bridgehead atoms. The van der Waals surface area contributed by atoms with Gasteiger partial charge in [0, 0.05) is 9.13 Å². The molecule has 0 N–H and O–H groups in total. The van der Waals surface area contributed by atoms with Crippen molar-refractivity contribution >= 4 is 45.8 Å². The molecule has 0 aromatic heterocycles. The summed E-state index contributed by atoms with van der Waals surface area (Å²) in [6, 6.07) is 3.67. The molecule has 14 heavy (non-hydrogen) atoms. The van der Waals surface area contributed by atoms with Crippen LogP contribution in [0.25, 0.3) is 0 Å². The number of hydrogen-bond acceptors (Lipinski definition) is 2. The van der Waals surface area contributed by atoms with Gasteiger partial charge in [0.05, 0.1) is 23.3 Å². The van der Waals surface area contributed by atoms with Crippen molar-refractivity contribution in [3.63, 3.8) is 0 Å². The molecule has 0 radical (unpaired) electrons. The second-order valence-electron chi connectivity index (χ2n) is 2.83. The van der Waals surface area contributed by atoms with Gasteiger partial charge in [0.25, 0.3) is 0 Å². The summed E-state index contributed by atoms with van der Waals surface area (Å²) < 4.78 is 11.8. The maximum Gasteiger partial charge on any atom is 0.186 e. The number of halogens is 3. The van der Waals surface area contributed by atoms with E-state index in [1.807, 2.05) is 6.07 Å². The molecule has 1 aliphatic heterocycles. The highest BCUT2D eigenvalue weighted by molar-refractivity contribution is 14.1. The van der Waals surface area contributed by atoms with Crippen LogP contribution in [0.2, 0.25) is 10.0 Å². The maximum absolute atomic E-state index is 6.08. The molecule has 2 nitrogen and oxygen atoms in total. The van der Waals surface area contributed by atoms with Gasteiger partial charge in [-0.15, -0.1) is 0 Å². The number of rotatable bonds is 1. The summed E-state index contributed by atoms with van der Waals surface area (Å²) in [5, 5.41) is 1.05. The van der Waals surface area contributed by atoms with E-state index < -0.39 is 0 Å². The second-order valence-corrected chi connectivity index (χ2v) is 4.78. The predicted molar refractivity (Wildman–Crippen MR) is 63.8 cm³/mol. The van der Waals surface area contributed by atoms with E-state index >= 15 is 0 Å². The first-order valence-corrected chi connectivity index (χ1v) is 5.90. The summed E-state index contributed by atoms with van der Waals surface area (Å²) in [6.45, 7) is 1.20. The lowest BCUT2D eigenvalue weighted by Gasteiger charge is -2.13. The lowest BCUT2D eigenvalue weighted by Crippen LogP contribution is -2.02. The lowest BCUT2D eigenvalue weighted by molar-refractivity contribution is -0.0446. The average molecular weight is 345 g/mol. The van der Waals surface area contributed by atoms with Crippen LogP contribution in [-0.2, 0) is 9.47 Å². The molecule has 1 aromatic rings. The van der Waals surface area contributed by atoms with Gasteiger partial charge in [-0.25, -0.2) is 0 Å². The Morgan fingerprint density at radius 3 is 2.50 bits per heavy atom. The fourth-order valence-electron chi connectivity index (χ4n) is 1.28. The summed E-state index contributed by atoms with van der Waals surface area (Å²) in [5.74, 6) is 0. The van der Waals surface area contributed by atoms with E-state index in [4.69, 9.17) is 32.7 Å². The van der Waals surface area contributed by atoms with Crippen molar-refractivity contribution in [1.82, 2.24) is 0 Å². The van der Waals surface area contributed by atoms with E-state index in [1.165, 1.54) is 0 Å². The van der Waals surface area contributed by atoms with Gasteiger partial charge in [-0.1, -0.05) is 23.2 Å². The summed E-state index contributed by atoms with van der Waals surface area (Å²) in [5.41, 5.74) is 0.831. The first-order valence-electron chi connectivity index (χ1n) is 4.07. The van der Waals surface area contributed by atoms with Crippen molar-refractivity contribution in [3.8, 4) is 0 Å². The molecule has 5 heteroatoms. The summed E-state index contributed by atoms with van der Waals surface area (Å²) in [6.07, 6.45) is -0.368. The zero-order valence-corrected chi connectivity index (χ0v) is 10.8. The minimum absolute atomic E-state index is 0.368. The summed E-state index contributed by atoms with van der Waals surface area (Å²) in [4.78, 5) is 0. The fourth-order valence-corrected chi connectivity index (χ4v) is 2.57. The van der Waals surface area contributed by atoms with E-state index in [0.717, 1.165) is 9.13 Å². The third-order valence-electron chi connectivity index (χ3n) is 1.94. The smallest absolute Gasteiger partial charge is 0.186 e. The lowest BCUT2D eigenvalue weighted by atomic mass is 10.2. The van der Waals surface area contributed by atoms with E-state index in [1.54, 1.807) is 6.07 Å². The van der Waals surface area contributed by atoms with E-state index in [-0.39, 0.29) is 6.29 Å². The number of benzene rings is 1. The molecule has 1 heterocycles. The quantitative estimate of drug-likeness (QED) is 0.572. The third kappa shape index (κ3) is 2.02. The van der Waals surface area contributed by atoms with Crippen LogP contribution in [0.1, 0.15) is 11.9 Å². The van der Waals surface area contributed by atoms with Crippen LogP contribution in [0.5, 0.6) is 0 Å². The summed E-state index contributed by atoms with van der Waals surface area (Å²) >= 11 is 14.2. The molecule has 1 saturated heterocycles.